The molecule has 1 N–H and O–H groups in total. The molecule has 0 aromatic carbocycles. The maximum atomic E-state index is 5.29. The second-order valence-electron chi connectivity index (χ2n) is 3.01. The Hall–Kier alpha value is -0.520. The van der Waals surface area contributed by atoms with Gasteiger partial charge >= 0.3 is 0 Å². The highest BCUT2D eigenvalue weighted by atomic mass is 15.2. The van der Waals surface area contributed by atoms with Crippen LogP contribution in [0.15, 0.2) is 0 Å². The lowest BCUT2D eigenvalue weighted by molar-refractivity contribution is 0.224. The van der Waals surface area contributed by atoms with Gasteiger partial charge in [-0.2, -0.15) is 0 Å². The van der Waals surface area contributed by atoms with Crippen LogP contribution in [0.2, 0.25) is 0 Å². The lowest BCUT2D eigenvalue weighted by Gasteiger charge is -2.32. The molecule has 1 heterocycles. The molecular formula is C8H14N2. The van der Waals surface area contributed by atoms with Crippen LogP contribution in [0.5, 0.6) is 0 Å². The molecule has 2 nitrogen and oxygen atoms in total. The summed E-state index contributed by atoms with van der Waals surface area (Å²) in [5.74, 6) is 2.71. The highest BCUT2D eigenvalue weighted by molar-refractivity contribution is 5.03. The third-order valence-corrected chi connectivity index (χ3v) is 1.77. The number of nitrogens with zero attached hydrogens (tertiary/aromatic N) is 1. The van der Waals surface area contributed by atoms with E-state index >= 15 is 0 Å². The van der Waals surface area contributed by atoms with Crippen molar-refractivity contribution in [1.29, 1.82) is 0 Å². The first-order chi connectivity index (χ1) is 4.72. The van der Waals surface area contributed by atoms with Crippen LogP contribution >= 0.6 is 0 Å². The third kappa shape index (κ3) is 1.73. The van der Waals surface area contributed by atoms with Gasteiger partial charge in [-0.3, -0.25) is 5.32 Å². The first-order valence-corrected chi connectivity index (χ1v) is 3.63. The minimum absolute atomic E-state index is 0.244. The standard InChI is InChI=1S/C8H14N2/c1-4-8-6-10(3)5-7(2)9-8/h1,7-9H,5-6H2,2-3H3/t7-,8-/m0/s1. The van der Waals surface area contributed by atoms with E-state index in [9.17, 15) is 0 Å². The average Bonchev–Trinajstić information content (AvgIpc) is 1.85. The van der Waals surface area contributed by atoms with Gasteiger partial charge in [-0.1, -0.05) is 5.92 Å². The van der Waals surface area contributed by atoms with Crippen molar-refractivity contribution in [2.24, 2.45) is 0 Å². The molecule has 0 bridgehead atoms. The van der Waals surface area contributed by atoms with Gasteiger partial charge in [0.2, 0.25) is 0 Å². The van der Waals surface area contributed by atoms with E-state index in [1.165, 1.54) is 0 Å². The monoisotopic (exact) mass is 138 g/mol. The molecule has 2 atom stereocenters. The zero-order valence-corrected chi connectivity index (χ0v) is 6.59. The average molecular weight is 138 g/mol. The molecule has 0 aromatic rings. The minimum Gasteiger partial charge on any atom is -0.302 e. The maximum Gasteiger partial charge on any atom is 0.0818 e. The normalized spacial score (nSPS) is 35.3. The van der Waals surface area contributed by atoms with Crippen molar-refractivity contribution in [1.82, 2.24) is 10.2 Å². The first kappa shape index (κ1) is 7.59. The lowest BCUT2D eigenvalue weighted by Crippen LogP contribution is -2.53. The van der Waals surface area contributed by atoms with Gasteiger partial charge in [-0.15, -0.1) is 6.42 Å². The fraction of sp³-hybridized carbons (Fsp3) is 0.750. The van der Waals surface area contributed by atoms with Crippen molar-refractivity contribution < 1.29 is 0 Å². The van der Waals surface area contributed by atoms with E-state index in [1.807, 2.05) is 0 Å². The number of piperazine rings is 1. The second kappa shape index (κ2) is 3.05. The molecule has 1 fully saturated rings. The maximum absolute atomic E-state index is 5.29. The van der Waals surface area contributed by atoms with Crippen LogP contribution in [0, 0.1) is 12.3 Å². The Labute approximate surface area is 62.6 Å². The predicted molar refractivity (Wildman–Crippen MR) is 42.7 cm³/mol. The van der Waals surface area contributed by atoms with Crippen LogP contribution in [0.3, 0.4) is 0 Å². The van der Waals surface area contributed by atoms with Gasteiger partial charge in [0.25, 0.3) is 0 Å². The first-order valence-electron chi connectivity index (χ1n) is 3.63. The zero-order chi connectivity index (χ0) is 7.56. The predicted octanol–water partition coefficient (Wildman–Crippen LogP) is -0.0883. The second-order valence-corrected chi connectivity index (χ2v) is 3.01. The Balaban J connectivity index is 2.44. The summed E-state index contributed by atoms with van der Waals surface area (Å²) >= 11 is 0. The SMILES string of the molecule is C#C[C@H]1CN(C)C[C@H](C)N1. The molecule has 1 aliphatic heterocycles. The van der Waals surface area contributed by atoms with E-state index < -0.39 is 0 Å². The molecule has 0 aliphatic carbocycles. The Bertz CT molecular complexity index is 138. The van der Waals surface area contributed by atoms with Gasteiger partial charge in [0, 0.05) is 19.1 Å². The molecule has 1 saturated heterocycles. The largest absolute Gasteiger partial charge is 0.302 e. The van der Waals surface area contributed by atoms with Crippen LogP contribution < -0.4 is 5.32 Å². The molecule has 56 valence electrons. The molecule has 0 saturated carbocycles. The number of terminal acetylenes is 1. The molecule has 1 rings (SSSR count). The molecule has 0 amide bonds. The summed E-state index contributed by atoms with van der Waals surface area (Å²) in [7, 11) is 2.10. The van der Waals surface area contributed by atoms with Crippen molar-refractivity contribution in [2.75, 3.05) is 20.1 Å². The van der Waals surface area contributed by atoms with Crippen LogP contribution in [-0.2, 0) is 0 Å². The number of rotatable bonds is 0. The molecule has 0 aromatic heterocycles. The molecule has 10 heavy (non-hydrogen) atoms. The molecule has 2 heteroatoms. The van der Waals surface area contributed by atoms with Crippen LogP contribution in [-0.4, -0.2) is 37.1 Å². The minimum atomic E-state index is 0.244. The van der Waals surface area contributed by atoms with E-state index in [4.69, 9.17) is 6.42 Å². The van der Waals surface area contributed by atoms with Crippen molar-refractivity contribution in [3.05, 3.63) is 0 Å². The topological polar surface area (TPSA) is 15.3 Å². The molecule has 0 spiro atoms. The van der Waals surface area contributed by atoms with E-state index in [1.54, 1.807) is 0 Å². The molecular weight excluding hydrogens is 124 g/mol. The van der Waals surface area contributed by atoms with E-state index in [-0.39, 0.29) is 6.04 Å². The van der Waals surface area contributed by atoms with Gasteiger partial charge in [-0.25, -0.2) is 0 Å². The Kier molecular flexibility index (Phi) is 2.31. The summed E-state index contributed by atoms with van der Waals surface area (Å²) in [5.41, 5.74) is 0. The quantitative estimate of drug-likeness (QED) is 0.471. The van der Waals surface area contributed by atoms with E-state index in [0.717, 1.165) is 13.1 Å². The summed E-state index contributed by atoms with van der Waals surface area (Å²) < 4.78 is 0. The number of hydrogen-bond acceptors (Lipinski definition) is 2. The summed E-state index contributed by atoms with van der Waals surface area (Å²) in [6.45, 7) is 4.22. The lowest BCUT2D eigenvalue weighted by atomic mass is 10.1. The fourth-order valence-electron chi connectivity index (χ4n) is 1.40. The highest BCUT2D eigenvalue weighted by Crippen LogP contribution is 1.99. The van der Waals surface area contributed by atoms with E-state index in [2.05, 4.69) is 30.1 Å². The number of nitrogens with one attached hydrogen (secondary N) is 1. The summed E-state index contributed by atoms with van der Waals surface area (Å²) in [6, 6.07) is 0.772. The Morgan fingerprint density at radius 3 is 2.80 bits per heavy atom. The van der Waals surface area contributed by atoms with Gasteiger partial charge in [-0.05, 0) is 14.0 Å². The third-order valence-electron chi connectivity index (χ3n) is 1.77. The van der Waals surface area contributed by atoms with Crippen LogP contribution in [0.4, 0.5) is 0 Å². The van der Waals surface area contributed by atoms with Crippen molar-refractivity contribution in [3.8, 4) is 12.3 Å². The summed E-state index contributed by atoms with van der Waals surface area (Å²) in [5, 5.41) is 3.32. The van der Waals surface area contributed by atoms with Gasteiger partial charge in [0.15, 0.2) is 0 Å². The van der Waals surface area contributed by atoms with Gasteiger partial charge in [0.05, 0.1) is 6.04 Å². The number of hydrogen-bond donors (Lipinski definition) is 1. The fourth-order valence-corrected chi connectivity index (χ4v) is 1.40. The molecule has 0 unspecified atom stereocenters. The molecule has 1 aliphatic rings. The zero-order valence-electron chi connectivity index (χ0n) is 6.59. The van der Waals surface area contributed by atoms with Crippen molar-refractivity contribution in [3.63, 3.8) is 0 Å². The van der Waals surface area contributed by atoms with Crippen molar-refractivity contribution >= 4 is 0 Å². The highest BCUT2D eigenvalue weighted by Gasteiger charge is 2.18. The van der Waals surface area contributed by atoms with Crippen LogP contribution in [0.25, 0.3) is 0 Å². The van der Waals surface area contributed by atoms with Crippen molar-refractivity contribution in [2.45, 2.75) is 19.0 Å². The summed E-state index contributed by atoms with van der Waals surface area (Å²) in [6.07, 6.45) is 5.29. The van der Waals surface area contributed by atoms with Gasteiger partial charge in [0.1, 0.15) is 0 Å². The van der Waals surface area contributed by atoms with E-state index in [0.29, 0.717) is 6.04 Å². The number of likely N-dealkylation sites (N-methyl/N-ethyl adjacent to an activating group) is 1. The summed E-state index contributed by atoms with van der Waals surface area (Å²) in [4.78, 5) is 2.26. The molecule has 0 radical (unpaired) electrons. The van der Waals surface area contributed by atoms with Crippen LogP contribution in [0.1, 0.15) is 6.92 Å². The Morgan fingerprint density at radius 1 is 1.60 bits per heavy atom. The smallest absolute Gasteiger partial charge is 0.0818 e. The van der Waals surface area contributed by atoms with Gasteiger partial charge < -0.3 is 4.90 Å². The Morgan fingerprint density at radius 2 is 2.30 bits per heavy atom.